The highest BCUT2D eigenvalue weighted by molar-refractivity contribution is 7.22. The van der Waals surface area contributed by atoms with Crippen LogP contribution < -0.4 is 5.32 Å². The highest BCUT2D eigenvalue weighted by Crippen LogP contribution is 2.30. The minimum absolute atomic E-state index is 0.332. The Bertz CT molecular complexity index is 552. The molecule has 1 fully saturated rings. The van der Waals surface area contributed by atoms with Gasteiger partial charge in [-0.1, -0.05) is 17.4 Å². The first-order valence-electron chi connectivity index (χ1n) is 6.43. The third-order valence-corrected chi connectivity index (χ3v) is 4.57. The van der Waals surface area contributed by atoms with E-state index in [0.717, 1.165) is 17.1 Å². The molecule has 1 aromatic carbocycles. The van der Waals surface area contributed by atoms with Gasteiger partial charge in [0, 0.05) is 7.11 Å². The quantitative estimate of drug-likeness (QED) is 0.918. The predicted octanol–water partition coefficient (Wildman–Crippen LogP) is 3.58. The maximum absolute atomic E-state index is 5.50. The van der Waals surface area contributed by atoms with E-state index in [1.807, 2.05) is 0 Å². The maximum atomic E-state index is 5.50. The van der Waals surface area contributed by atoms with Gasteiger partial charge < -0.3 is 10.1 Å². The molecule has 0 radical (unpaired) electrons. The number of aromatic nitrogens is 1. The van der Waals surface area contributed by atoms with Crippen molar-refractivity contribution in [3.63, 3.8) is 0 Å². The Hall–Kier alpha value is -1.13. The second-order valence-corrected chi connectivity index (χ2v) is 5.98. The van der Waals surface area contributed by atoms with Crippen LogP contribution in [0.1, 0.15) is 24.8 Å². The molecule has 0 aliphatic heterocycles. The summed E-state index contributed by atoms with van der Waals surface area (Å²) in [5, 5.41) is 4.55. The highest BCUT2D eigenvalue weighted by atomic mass is 32.1. The number of thiazole rings is 1. The molecular formula is C14H18N2OS. The van der Waals surface area contributed by atoms with Crippen molar-refractivity contribution < 1.29 is 4.74 Å². The van der Waals surface area contributed by atoms with Crippen LogP contribution in [0.25, 0.3) is 10.2 Å². The summed E-state index contributed by atoms with van der Waals surface area (Å²) in [4.78, 5) is 4.66. The zero-order valence-corrected chi connectivity index (χ0v) is 11.6. The van der Waals surface area contributed by atoms with Crippen LogP contribution in [0, 0.1) is 6.92 Å². The Morgan fingerprint density at radius 2 is 2.28 bits per heavy atom. The number of nitrogens with one attached hydrogen (secondary N) is 1. The Labute approximate surface area is 111 Å². The number of ether oxygens (including phenoxy) is 1. The molecule has 96 valence electrons. The van der Waals surface area contributed by atoms with Gasteiger partial charge in [0.1, 0.15) is 0 Å². The van der Waals surface area contributed by atoms with E-state index in [4.69, 9.17) is 4.74 Å². The fourth-order valence-electron chi connectivity index (χ4n) is 2.63. The van der Waals surface area contributed by atoms with E-state index in [-0.39, 0.29) is 0 Å². The Morgan fingerprint density at radius 1 is 1.39 bits per heavy atom. The predicted molar refractivity (Wildman–Crippen MR) is 76.4 cm³/mol. The van der Waals surface area contributed by atoms with Crippen LogP contribution >= 0.6 is 11.3 Å². The summed E-state index contributed by atoms with van der Waals surface area (Å²) in [6.45, 7) is 2.10. The van der Waals surface area contributed by atoms with Crippen LogP contribution in [-0.2, 0) is 4.74 Å². The van der Waals surface area contributed by atoms with Gasteiger partial charge in [0.15, 0.2) is 5.13 Å². The molecule has 4 heteroatoms. The maximum Gasteiger partial charge on any atom is 0.184 e. The van der Waals surface area contributed by atoms with Crippen LogP contribution in [-0.4, -0.2) is 24.2 Å². The molecule has 1 saturated carbocycles. The largest absolute Gasteiger partial charge is 0.379 e. The first-order valence-corrected chi connectivity index (χ1v) is 7.24. The average Bonchev–Trinajstić information content (AvgIpc) is 2.94. The number of hydrogen-bond acceptors (Lipinski definition) is 4. The van der Waals surface area contributed by atoms with Crippen molar-refractivity contribution in [2.75, 3.05) is 12.4 Å². The molecule has 0 bridgehead atoms. The van der Waals surface area contributed by atoms with Crippen molar-refractivity contribution >= 4 is 26.7 Å². The normalized spacial score (nSPS) is 23.7. The van der Waals surface area contributed by atoms with Gasteiger partial charge in [0.2, 0.25) is 0 Å². The lowest BCUT2D eigenvalue weighted by Gasteiger charge is -2.18. The van der Waals surface area contributed by atoms with E-state index in [2.05, 4.69) is 35.4 Å². The van der Waals surface area contributed by atoms with Gasteiger partial charge in [-0.25, -0.2) is 4.98 Å². The number of methoxy groups -OCH3 is 1. The summed E-state index contributed by atoms with van der Waals surface area (Å²) in [5.74, 6) is 0. The van der Waals surface area contributed by atoms with Gasteiger partial charge in [0.25, 0.3) is 0 Å². The molecule has 3 rings (SSSR count). The van der Waals surface area contributed by atoms with E-state index in [1.54, 1.807) is 18.4 Å². The Balaban J connectivity index is 1.82. The summed E-state index contributed by atoms with van der Waals surface area (Å²) in [7, 11) is 1.80. The molecule has 1 aromatic heterocycles. The SMILES string of the molecule is COC1CCCC1Nc1nc2cc(C)ccc2s1. The van der Waals surface area contributed by atoms with Crippen molar-refractivity contribution in [3.05, 3.63) is 23.8 Å². The van der Waals surface area contributed by atoms with Crippen molar-refractivity contribution in [2.45, 2.75) is 38.3 Å². The number of rotatable bonds is 3. The highest BCUT2D eigenvalue weighted by Gasteiger charge is 2.27. The fraction of sp³-hybridized carbons (Fsp3) is 0.500. The minimum atomic E-state index is 0.332. The summed E-state index contributed by atoms with van der Waals surface area (Å²) in [6.07, 6.45) is 3.89. The van der Waals surface area contributed by atoms with Gasteiger partial charge in [0.05, 0.1) is 22.4 Å². The number of nitrogens with zero attached hydrogens (tertiary/aromatic N) is 1. The van der Waals surface area contributed by atoms with Crippen LogP contribution in [0.15, 0.2) is 18.2 Å². The molecule has 0 saturated heterocycles. The van der Waals surface area contributed by atoms with Crippen molar-refractivity contribution in [2.24, 2.45) is 0 Å². The number of anilines is 1. The first kappa shape index (κ1) is 11.9. The summed E-state index contributed by atoms with van der Waals surface area (Å²) in [5.41, 5.74) is 2.35. The molecule has 2 atom stereocenters. The third kappa shape index (κ3) is 2.22. The van der Waals surface area contributed by atoms with Crippen LogP contribution in [0.2, 0.25) is 0 Å². The molecule has 3 nitrogen and oxygen atoms in total. The summed E-state index contributed by atoms with van der Waals surface area (Å²) in [6, 6.07) is 6.84. The lowest BCUT2D eigenvalue weighted by molar-refractivity contribution is 0.101. The van der Waals surface area contributed by atoms with E-state index in [0.29, 0.717) is 12.1 Å². The van der Waals surface area contributed by atoms with E-state index < -0.39 is 0 Å². The lowest BCUT2D eigenvalue weighted by Crippen LogP contribution is -2.29. The molecule has 0 amide bonds. The zero-order chi connectivity index (χ0) is 12.5. The first-order chi connectivity index (χ1) is 8.76. The average molecular weight is 262 g/mol. The van der Waals surface area contributed by atoms with Gasteiger partial charge in [-0.3, -0.25) is 0 Å². The molecule has 2 unspecified atom stereocenters. The van der Waals surface area contributed by atoms with Crippen LogP contribution in [0.5, 0.6) is 0 Å². The number of aryl methyl sites for hydroxylation is 1. The monoisotopic (exact) mass is 262 g/mol. The second-order valence-electron chi connectivity index (χ2n) is 4.95. The standard InChI is InChI=1S/C14H18N2OS/c1-9-6-7-13-11(8-9)16-14(18-13)15-10-4-3-5-12(10)17-2/h6-8,10,12H,3-5H2,1-2H3,(H,15,16). The van der Waals surface area contributed by atoms with Crippen molar-refractivity contribution in [1.82, 2.24) is 4.98 Å². The second kappa shape index (κ2) is 4.86. The summed E-state index contributed by atoms with van der Waals surface area (Å²) < 4.78 is 6.75. The van der Waals surface area contributed by atoms with Gasteiger partial charge in [-0.15, -0.1) is 0 Å². The molecule has 1 heterocycles. The summed E-state index contributed by atoms with van der Waals surface area (Å²) >= 11 is 1.73. The smallest absolute Gasteiger partial charge is 0.184 e. The third-order valence-electron chi connectivity index (χ3n) is 3.61. The number of benzene rings is 1. The molecule has 18 heavy (non-hydrogen) atoms. The molecule has 1 aliphatic rings. The Kier molecular flexibility index (Phi) is 3.22. The lowest BCUT2D eigenvalue weighted by atomic mass is 10.2. The number of hydrogen-bond donors (Lipinski definition) is 1. The number of fused-ring (bicyclic) bond motifs is 1. The van der Waals surface area contributed by atoms with Crippen LogP contribution in [0.3, 0.4) is 0 Å². The van der Waals surface area contributed by atoms with Crippen LogP contribution in [0.4, 0.5) is 5.13 Å². The topological polar surface area (TPSA) is 34.1 Å². The van der Waals surface area contributed by atoms with Gasteiger partial charge >= 0.3 is 0 Å². The van der Waals surface area contributed by atoms with E-state index in [9.17, 15) is 0 Å². The molecular weight excluding hydrogens is 244 g/mol. The molecule has 0 spiro atoms. The van der Waals surface area contributed by atoms with Crippen molar-refractivity contribution in [1.29, 1.82) is 0 Å². The van der Waals surface area contributed by atoms with Gasteiger partial charge in [-0.2, -0.15) is 0 Å². The molecule has 1 aliphatic carbocycles. The molecule has 1 N–H and O–H groups in total. The zero-order valence-electron chi connectivity index (χ0n) is 10.8. The Morgan fingerprint density at radius 3 is 3.11 bits per heavy atom. The minimum Gasteiger partial charge on any atom is -0.379 e. The van der Waals surface area contributed by atoms with E-state index in [1.165, 1.54) is 23.1 Å². The van der Waals surface area contributed by atoms with Gasteiger partial charge in [-0.05, 0) is 43.9 Å². The van der Waals surface area contributed by atoms with E-state index >= 15 is 0 Å². The fourth-order valence-corrected chi connectivity index (χ4v) is 3.54. The molecule has 2 aromatic rings. The van der Waals surface area contributed by atoms with Crippen molar-refractivity contribution in [3.8, 4) is 0 Å².